The summed E-state index contributed by atoms with van der Waals surface area (Å²) in [6.07, 6.45) is 2.05. The van der Waals surface area contributed by atoms with Gasteiger partial charge >= 0.3 is 0 Å². The van der Waals surface area contributed by atoms with Gasteiger partial charge in [0, 0.05) is 13.1 Å². The van der Waals surface area contributed by atoms with Gasteiger partial charge in [0.25, 0.3) is 0 Å². The highest BCUT2D eigenvalue weighted by Gasteiger charge is 2.42. The fourth-order valence-electron chi connectivity index (χ4n) is 1.98. The lowest BCUT2D eigenvalue weighted by atomic mass is 10.1. The van der Waals surface area contributed by atoms with E-state index in [1.54, 1.807) is 0 Å². The number of nitriles is 1. The number of fused-ring (bicyclic) bond motifs is 1. The summed E-state index contributed by atoms with van der Waals surface area (Å²) in [5.41, 5.74) is 1.07. The van der Waals surface area contributed by atoms with Gasteiger partial charge in [0.05, 0.1) is 11.5 Å². The molecule has 88 valence electrons. The molecule has 17 heavy (non-hydrogen) atoms. The third-order valence-corrected chi connectivity index (χ3v) is 3.32. The summed E-state index contributed by atoms with van der Waals surface area (Å²) >= 11 is 0. The number of nitrogens with zero attached hydrogens (tertiary/aromatic N) is 1. The lowest BCUT2D eigenvalue weighted by molar-refractivity contribution is 0.174. The first-order chi connectivity index (χ1) is 8.31. The summed E-state index contributed by atoms with van der Waals surface area (Å²) in [6, 6.07) is 8.31. The molecule has 1 N–H and O–H groups in total. The fraction of sp³-hybridized carbons (Fsp3) is 0.462. The molecular weight excluding hydrogens is 216 g/mol. The molecule has 0 amide bonds. The summed E-state index contributed by atoms with van der Waals surface area (Å²) in [5.74, 6) is 1.62. The van der Waals surface area contributed by atoms with E-state index in [9.17, 15) is 0 Å². The second-order valence-corrected chi connectivity index (χ2v) is 4.68. The maximum absolute atomic E-state index is 8.95. The van der Waals surface area contributed by atoms with Gasteiger partial charge in [0.1, 0.15) is 0 Å². The van der Waals surface area contributed by atoms with E-state index in [4.69, 9.17) is 14.7 Å². The van der Waals surface area contributed by atoms with Crippen LogP contribution in [0.5, 0.6) is 11.5 Å². The molecule has 0 unspecified atom stereocenters. The van der Waals surface area contributed by atoms with Crippen LogP contribution in [0.1, 0.15) is 18.4 Å². The minimum Gasteiger partial charge on any atom is -0.454 e. The third kappa shape index (κ3) is 2.06. The zero-order valence-corrected chi connectivity index (χ0v) is 9.53. The Labute approximate surface area is 100 Å². The second kappa shape index (κ2) is 3.94. The number of rotatable bonds is 4. The molecule has 3 rings (SSSR count). The minimum atomic E-state index is -0.0870. The van der Waals surface area contributed by atoms with Crippen LogP contribution in [0.15, 0.2) is 18.2 Å². The minimum absolute atomic E-state index is 0.0870. The smallest absolute Gasteiger partial charge is 0.231 e. The monoisotopic (exact) mass is 230 g/mol. The van der Waals surface area contributed by atoms with Gasteiger partial charge in [0.15, 0.2) is 11.5 Å². The lowest BCUT2D eigenvalue weighted by Gasteiger charge is -2.08. The van der Waals surface area contributed by atoms with Gasteiger partial charge in [0.2, 0.25) is 6.79 Å². The van der Waals surface area contributed by atoms with Gasteiger partial charge in [-0.15, -0.1) is 0 Å². The SMILES string of the molecule is N#CC1(CNCc2ccc3c(c2)OCO3)CC1. The van der Waals surface area contributed by atoms with Crippen LogP contribution >= 0.6 is 0 Å². The maximum atomic E-state index is 8.95. The maximum Gasteiger partial charge on any atom is 0.231 e. The first-order valence-electron chi connectivity index (χ1n) is 5.82. The third-order valence-electron chi connectivity index (χ3n) is 3.32. The van der Waals surface area contributed by atoms with E-state index in [1.165, 1.54) is 0 Å². The Morgan fingerprint density at radius 3 is 2.88 bits per heavy atom. The van der Waals surface area contributed by atoms with Crippen molar-refractivity contribution in [2.45, 2.75) is 19.4 Å². The molecule has 2 aliphatic rings. The molecule has 4 nitrogen and oxygen atoms in total. The summed E-state index contributed by atoms with van der Waals surface area (Å²) < 4.78 is 10.6. The molecule has 0 spiro atoms. The summed E-state index contributed by atoms with van der Waals surface area (Å²) in [5, 5.41) is 12.3. The van der Waals surface area contributed by atoms with E-state index < -0.39 is 0 Å². The molecule has 4 heteroatoms. The van der Waals surface area contributed by atoms with Crippen LogP contribution in [-0.4, -0.2) is 13.3 Å². The van der Waals surface area contributed by atoms with Gasteiger partial charge in [-0.25, -0.2) is 0 Å². The van der Waals surface area contributed by atoms with Crippen molar-refractivity contribution in [1.29, 1.82) is 5.26 Å². The van der Waals surface area contributed by atoms with Crippen molar-refractivity contribution in [2.24, 2.45) is 5.41 Å². The highest BCUT2D eigenvalue weighted by atomic mass is 16.7. The van der Waals surface area contributed by atoms with Gasteiger partial charge in [-0.1, -0.05) is 6.07 Å². The van der Waals surface area contributed by atoms with Crippen molar-refractivity contribution in [3.05, 3.63) is 23.8 Å². The van der Waals surface area contributed by atoms with Crippen LogP contribution in [0.25, 0.3) is 0 Å². The van der Waals surface area contributed by atoms with Crippen LogP contribution in [-0.2, 0) is 6.54 Å². The highest BCUT2D eigenvalue weighted by Crippen LogP contribution is 2.44. The van der Waals surface area contributed by atoms with Crippen LogP contribution in [0.3, 0.4) is 0 Å². The quantitative estimate of drug-likeness (QED) is 0.857. The molecule has 0 radical (unpaired) electrons. The topological polar surface area (TPSA) is 54.3 Å². The van der Waals surface area contributed by atoms with Crippen molar-refractivity contribution in [2.75, 3.05) is 13.3 Å². The Morgan fingerprint density at radius 2 is 2.12 bits per heavy atom. The van der Waals surface area contributed by atoms with Crippen LogP contribution in [0.2, 0.25) is 0 Å². The first-order valence-corrected chi connectivity index (χ1v) is 5.82. The van der Waals surface area contributed by atoms with E-state index in [-0.39, 0.29) is 5.41 Å². The van der Waals surface area contributed by atoms with E-state index >= 15 is 0 Å². The zero-order chi connectivity index (χ0) is 11.7. The average Bonchev–Trinajstić information content (AvgIpc) is 2.98. The standard InChI is InChI=1S/C13H14N2O2/c14-7-13(3-4-13)8-15-6-10-1-2-11-12(5-10)17-9-16-11/h1-2,5,15H,3-4,6,8-9H2. The number of ether oxygens (including phenoxy) is 2. The van der Waals surface area contributed by atoms with Gasteiger partial charge in [-0.2, -0.15) is 5.26 Å². The molecule has 0 bridgehead atoms. The van der Waals surface area contributed by atoms with E-state index in [2.05, 4.69) is 11.4 Å². The molecule has 1 saturated carbocycles. The molecule has 1 aliphatic carbocycles. The Bertz CT molecular complexity index is 475. The Hall–Kier alpha value is -1.73. The number of benzene rings is 1. The van der Waals surface area contributed by atoms with E-state index in [0.29, 0.717) is 6.79 Å². The Kier molecular flexibility index (Phi) is 2.41. The van der Waals surface area contributed by atoms with E-state index in [0.717, 1.165) is 43.0 Å². The normalized spacial score (nSPS) is 18.8. The number of hydrogen-bond acceptors (Lipinski definition) is 4. The molecule has 0 saturated heterocycles. The molecule has 1 fully saturated rings. The summed E-state index contributed by atoms with van der Waals surface area (Å²) in [6.45, 7) is 1.85. The van der Waals surface area contributed by atoms with Gasteiger partial charge in [-0.05, 0) is 30.5 Å². The highest BCUT2D eigenvalue weighted by molar-refractivity contribution is 5.44. The van der Waals surface area contributed by atoms with Crippen molar-refractivity contribution in [1.82, 2.24) is 5.32 Å². The fourth-order valence-corrected chi connectivity index (χ4v) is 1.98. The summed E-state index contributed by atoms with van der Waals surface area (Å²) in [4.78, 5) is 0. The van der Waals surface area contributed by atoms with Gasteiger partial charge < -0.3 is 14.8 Å². The van der Waals surface area contributed by atoms with E-state index in [1.807, 2.05) is 18.2 Å². The van der Waals surface area contributed by atoms with Crippen molar-refractivity contribution >= 4 is 0 Å². The molecule has 1 heterocycles. The summed E-state index contributed by atoms with van der Waals surface area (Å²) in [7, 11) is 0. The number of hydrogen-bond donors (Lipinski definition) is 1. The van der Waals surface area contributed by atoms with Crippen LogP contribution in [0, 0.1) is 16.7 Å². The van der Waals surface area contributed by atoms with Crippen molar-refractivity contribution in [3.63, 3.8) is 0 Å². The van der Waals surface area contributed by atoms with Crippen molar-refractivity contribution in [3.8, 4) is 17.6 Å². The lowest BCUT2D eigenvalue weighted by Crippen LogP contribution is -2.22. The predicted octanol–water partition coefficient (Wildman–Crippen LogP) is 1.81. The number of nitrogens with one attached hydrogen (secondary N) is 1. The van der Waals surface area contributed by atoms with Gasteiger partial charge in [-0.3, -0.25) is 0 Å². The first kappa shape index (κ1) is 10.4. The van der Waals surface area contributed by atoms with Crippen LogP contribution in [0.4, 0.5) is 0 Å². The molecule has 1 aromatic carbocycles. The average molecular weight is 230 g/mol. The second-order valence-electron chi connectivity index (χ2n) is 4.68. The molecule has 1 aliphatic heterocycles. The molecule has 0 aromatic heterocycles. The Morgan fingerprint density at radius 1 is 1.29 bits per heavy atom. The molecular formula is C13H14N2O2. The van der Waals surface area contributed by atoms with Crippen LogP contribution < -0.4 is 14.8 Å². The van der Waals surface area contributed by atoms with Crippen molar-refractivity contribution < 1.29 is 9.47 Å². The largest absolute Gasteiger partial charge is 0.454 e. The molecule has 0 atom stereocenters. The predicted molar refractivity (Wildman–Crippen MR) is 61.6 cm³/mol. The molecule has 1 aromatic rings. The zero-order valence-electron chi connectivity index (χ0n) is 9.53. The Balaban J connectivity index is 1.57.